The van der Waals surface area contributed by atoms with Gasteiger partial charge in [-0.15, -0.1) is 0 Å². The van der Waals surface area contributed by atoms with Crippen LogP contribution < -0.4 is 5.32 Å². The molecule has 2 heterocycles. The zero-order chi connectivity index (χ0) is 21.1. The summed E-state index contributed by atoms with van der Waals surface area (Å²) in [5.74, 6) is -0.495. The lowest BCUT2D eigenvalue weighted by molar-refractivity contribution is -0.131. The average molecular weight is 423 g/mol. The van der Waals surface area contributed by atoms with Crippen molar-refractivity contribution in [1.82, 2.24) is 20.0 Å². The first kappa shape index (κ1) is 20.2. The standard InChI is InChI=1S/C23H23ClN4O2/c1-16-21(22(24)28(26-16)14-17-7-3-2-4-8-17)23(30)25-13-20(29)27-12-11-18-9-5-6-10-19(18)15-27/h2-10H,11-15H2,1H3,(H,25,30). The maximum absolute atomic E-state index is 12.7. The Morgan fingerprint density at radius 1 is 1.07 bits per heavy atom. The van der Waals surface area contributed by atoms with Gasteiger partial charge in [-0.2, -0.15) is 5.10 Å². The molecule has 7 heteroatoms. The highest BCUT2D eigenvalue weighted by atomic mass is 35.5. The van der Waals surface area contributed by atoms with E-state index in [0.717, 1.165) is 17.5 Å². The molecule has 0 radical (unpaired) electrons. The molecule has 2 amide bonds. The highest BCUT2D eigenvalue weighted by Gasteiger charge is 2.23. The summed E-state index contributed by atoms with van der Waals surface area (Å²) in [6, 6.07) is 17.9. The molecule has 2 aromatic carbocycles. The van der Waals surface area contributed by atoms with Crippen molar-refractivity contribution in [3.63, 3.8) is 0 Å². The van der Waals surface area contributed by atoms with Gasteiger partial charge >= 0.3 is 0 Å². The number of nitrogens with one attached hydrogen (secondary N) is 1. The molecule has 1 aliphatic rings. The van der Waals surface area contributed by atoms with Crippen LogP contribution in [0.5, 0.6) is 0 Å². The number of amides is 2. The number of carbonyl (C=O) groups is 2. The molecule has 6 nitrogen and oxygen atoms in total. The smallest absolute Gasteiger partial charge is 0.256 e. The first-order chi connectivity index (χ1) is 14.5. The van der Waals surface area contributed by atoms with E-state index in [4.69, 9.17) is 11.6 Å². The maximum Gasteiger partial charge on any atom is 0.256 e. The molecule has 0 atom stereocenters. The van der Waals surface area contributed by atoms with Crippen molar-refractivity contribution in [2.24, 2.45) is 0 Å². The second-order valence-corrected chi connectivity index (χ2v) is 7.77. The van der Waals surface area contributed by atoms with E-state index < -0.39 is 0 Å². The summed E-state index contributed by atoms with van der Waals surface area (Å²) >= 11 is 6.44. The molecule has 154 valence electrons. The summed E-state index contributed by atoms with van der Waals surface area (Å²) in [6.45, 7) is 3.37. The molecular formula is C23H23ClN4O2. The van der Waals surface area contributed by atoms with Crippen molar-refractivity contribution in [3.05, 3.63) is 87.7 Å². The first-order valence-corrected chi connectivity index (χ1v) is 10.3. The van der Waals surface area contributed by atoms with E-state index in [1.807, 2.05) is 48.5 Å². The van der Waals surface area contributed by atoms with Crippen LogP contribution in [0.4, 0.5) is 0 Å². The van der Waals surface area contributed by atoms with Crippen LogP contribution in [0.2, 0.25) is 5.15 Å². The van der Waals surface area contributed by atoms with E-state index in [0.29, 0.717) is 30.9 Å². The highest BCUT2D eigenvalue weighted by Crippen LogP contribution is 2.21. The summed E-state index contributed by atoms with van der Waals surface area (Å²) in [6.07, 6.45) is 0.826. The average Bonchev–Trinajstić information content (AvgIpc) is 3.05. The molecule has 0 aliphatic carbocycles. The highest BCUT2D eigenvalue weighted by molar-refractivity contribution is 6.33. The molecular weight excluding hydrogens is 400 g/mol. The van der Waals surface area contributed by atoms with E-state index >= 15 is 0 Å². The number of benzene rings is 2. The van der Waals surface area contributed by atoms with Gasteiger partial charge in [0.25, 0.3) is 5.91 Å². The Labute approximate surface area is 180 Å². The van der Waals surface area contributed by atoms with Crippen molar-refractivity contribution < 1.29 is 9.59 Å². The Kier molecular flexibility index (Phi) is 5.86. The van der Waals surface area contributed by atoms with Crippen LogP contribution in [0.3, 0.4) is 0 Å². The van der Waals surface area contributed by atoms with Crippen LogP contribution >= 0.6 is 11.6 Å². The van der Waals surface area contributed by atoms with Crippen LogP contribution in [0.1, 0.15) is 32.7 Å². The quantitative estimate of drug-likeness (QED) is 0.686. The van der Waals surface area contributed by atoms with E-state index in [1.165, 1.54) is 5.56 Å². The number of rotatable bonds is 5. The van der Waals surface area contributed by atoms with Gasteiger partial charge in [0.05, 0.1) is 24.3 Å². The number of carbonyl (C=O) groups excluding carboxylic acids is 2. The predicted molar refractivity (Wildman–Crippen MR) is 115 cm³/mol. The molecule has 0 saturated heterocycles. The van der Waals surface area contributed by atoms with Gasteiger partial charge in [-0.3, -0.25) is 9.59 Å². The summed E-state index contributed by atoms with van der Waals surface area (Å²) < 4.78 is 1.60. The molecule has 1 aromatic heterocycles. The van der Waals surface area contributed by atoms with Gasteiger partial charge in [0, 0.05) is 13.1 Å². The van der Waals surface area contributed by atoms with E-state index in [-0.39, 0.29) is 23.5 Å². The fraction of sp³-hybridized carbons (Fsp3) is 0.261. The van der Waals surface area contributed by atoms with Crippen LogP contribution in [0.15, 0.2) is 54.6 Å². The fourth-order valence-electron chi connectivity index (χ4n) is 3.74. The lowest BCUT2D eigenvalue weighted by atomic mass is 10.00. The lowest BCUT2D eigenvalue weighted by Gasteiger charge is -2.29. The van der Waals surface area contributed by atoms with E-state index in [2.05, 4.69) is 16.5 Å². The Balaban J connectivity index is 1.39. The Morgan fingerprint density at radius 3 is 2.53 bits per heavy atom. The molecule has 0 spiro atoms. The van der Waals surface area contributed by atoms with Gasteiger partial charge < -0.3 is 10.2 Å². The summed E-state index contributed by atoms with van der Waals surface area (Å²) in [5, 5.41) is 7.38. The predicted octanol–water partition coefficient (Wildman–Crippen LogP) is 3.21. The van der Waals surface area contributed by atoms with E-state index in [9.17, 15) is 9.59 Å². The second-order valence-electron chi connectivity index (χ2n) is 7.41. The minimum absolute atomic E-state index is 0.0688. The summed E-state index contributed by atoms with van der Waals surface area (Å²) in [4.78, 5) is 27.1. The first-order valence-electron chi connectivity index (χ1n) is 9.92. The van der Waals surface area contributed by atoms with Crippen LogP contribution in [0.25, 0.3) is 0 Å². The molecule has 30 heavy (non-hydrogen) atoms. The van der Waals surface area contributed by atoms with Gasteiger partial charge in [-0.25, -0.2) is 4.68 Å². The van der Waals surface area contributed by atoms with Crippen molar-refractivity contribution in [2.45, 2.75) is 26.4 Å². The molecule has 1 N–H and O–H groups in total. The third-order valence-corrected chi connectivity index (χ3v) is 5.74. The summed E-state index contributed by atoms with van der Waals surface area (Å²) in [5.41, 5.74) is 4.31. The Morgan fingerprint density at radius 2 is 1.77 bits per heavy atom. The van der Waals surface area contributed by atoms with E-state index in [1.54, 1.807) is 16.5 Å². The number of fused-ring (bicyclic) bond motifs is 1. The summed E-state index contributed by atoms with van der Waals surface area (Å²) in [7, 11) is 0. The Hall–Kier alpha value is -3.12. The Bertz CT molecular complexity index is 1080. The van der Waals surface area contributed by atoms with Crippen molar-refractivity contribution in [1.29, 1.82) is 0 Å². The topological polar surface area (TPSA) is 67.2 Å². The molecule has 1 aliphatic heterocycles. The van der Waals surface area contributed by atoms with Gasteiger partial charge in [-0.1, -0.05) is 66.2 Å². The number of hydrogen-bond acceptors (Lipinski definition) is 3. The normalized spacial score (nSPS) is 13.1. The third-order valence-electron chi connectivity index (χ3n) is 5.35. The van der Waals surface area contributed by atoms with Crippen molar-refractivity contribution in [2.75, 3.05) is 13.1 Å². The van der Waals surface area contributed by atoms with Gasteiger partial charge in [-0.05, 0) is 30.0 Å². The molecule has 0 saturated carbocycles. The number of hydrogen-bond donors (Lipinski definition) is 1. The van der Waals surface area contributed by atoms with Crippen molar-refractivity contribution >= 4 is 23.4 Å². The fourth-order valence-corrected chi connectivity index (χ4v) is 4.06. The van der Waals surface area contributed by atoms with Crippen LogP contribution in [-0.4, -0.2) is 39.6 Å². The maximum atomic E-state index is 12.7. The zero-order valence-electron chi connectivity index (χ0n) is 16.8. The number of aryl methyl sites for hydroxylation is 1. The number of nitrogens with zero attached hydrogens (tertiary/aromatic N) is 3. The zero-order valence-corrected chi connectivity index (χ0v) is 17.5. The molecule has 0 bridgehead atoms. The van der Waals surface area contributed by atoms with Crippen LogP contribution in [-0.2, 0) is 24.3 Å². The number of halogens is 1. The van der Waals surface area contributed by atoms with Crippen molar-refractivity contribution in [3.8, 4) is 0 Å². The minimum Gasteiger partial charge on any atom is -0.343 e. The second kappa shape index (κ2) is 8.71. The van der Waals surface area contributed by atoms with Gasteiger partial charge in [0.2, 0.25) is 5.91 Å². The SMILES string of the molecule is Cc1nn(Cc2ccccc2)c(Cl)c1C(=O)NCC(=O)N1CCc2ccccc2C1. The third kappa shape index (κ3) is 4.24. The minimum atomic E-state index is -0.387. The molecule has 0 unspecified atom stereocenters. The lowest BCUT2D eigenvalue weighted by Crippen LogP contribution is -2.42. The molecule has 3 aromatic rings. The van der Waals surface area contributed by atoms with Gasteiger partial charge in [0.15, 0.2) is 0 Å². The largest absolute Gasteiger partial charge is 0.343 e. The van der Waals surface area contributed by atoms with Gasteiger partial charge in [0.1, 0.15) is 5.15 Å². The molecule has 0 fully saturated rings. The van der Waals surface area contributed by atoms with Crippen LogP contribution in [0, 0.1) is 6.92 Å². The number of aromatic nitrogens is 2. The monoisotopic (exact) mass is 422 g/mol. The molecule has 4 rings (SSSR count).